The molecule has 1 saturated carbocycles. The summed E-state index contributed by atoms with van der Waals surface area (Å²) in [5, 5.41) is 13.4. The molecule has 1 N–H and O–H groups in total. The third kappa shape index (κ3) is 4.77. The molecule has 1 fully saturated rings. The molecule has 1 aliphatic carbocycles. The van der Waals surface area contributed by atoms with Crippen LogP contribution in [0.1, 0.15) is 37.7 Å². The molecule has 0 atom stereocenters. The Morgan fingerprint density at radius 3 is 2.70 bits per heavy atom. The molecule has 2 rings (SSSR count). The summed E-state index contributed by atoms with van der Waals surface area (Å²) < 4.78 is 4.96. The van der Waals surface area contributed by atoms with E-state index in [1.807, 2.05) is 0 Å². The van der Waals surface area contributed by atoms with Gasteiger partial charge < -0.3 is 10.1 Å². The first kappa shape index (κ1) is 16.9. The molecule has 0 spiro atoms. The van der Waals surface area contributed by atoms with E-state index in [4.69, 9.17) is 4.74 Å². The molecule has 7 nitrogen and oxygen atoms in total. The molecule has 0 bridgehead atoms. The summed E-state index contributed by atoms with van der Waals surface area (Å²) in [5.74, 6) is -0.628. The number of carbonyl (C=O) groups excluding carboxylic acids is 2. The zero-order valence-electron chi connectivity index (χ0n) is 13.0. The van der Waals surface area contributed by atoms with Gasteiger partial charge in [-0.25, -0.2) is 0 Å². The van der Waals surface area contributed by atoms with E-state index in [1.165, 1.54) is 6.07 Å². The quantitative estimate of drug-likeness (QED) is 0.493. The molecule has 1 aromatic rings. The number of esters is 1. The minimum Gasteiger partial charge on any atom is -0.456 e. The zero-order chi connectivity index (χ0) is 16.8. The van der Waals surface area contributed by atoms with Crippen molar-refractivity contribution in [2.45, 2.75) is 39.0 Å². The number of aryl methyl sites for hydroxylation is 1. The minimum absolute atomic E-state index is 0.134. The number of carbonyl (C=O) groups is 2. The van der Waals surface area contributed by atoms with Gasteiger partial charge in [-0.3, -0.25) is 19.7 Å². The molecule has 1 amide bonds. The average molecular weight is 320 g/mol. The number of hydrogen-bond acceptors (Lipinski definition) is 5. The van der Waals surface area contributed by atoms with Crippen LogP contribution in [0, 0.1) is 23.0 Å². The number of hydrogen-bond donors (Lipinski definition) is 1. The molecule has 124 valence electrons. The van der Waals surface area contributed by atoms with Crippen LogP contribution in [0.2, 0.25) is 0 Å². The fourth-order valence-electron chi connectivity index (χ4n) is 2.80. The molecule has 0 aromatic heterocycles. The van der Waals surface area contributed by atoms with E-state index in [1.54, 1.807) is 19.1 Å². The molecule has 1 aromatic carbocycles. The van der Waals surface area contributed by atoms with Crippen molar-refractivity contribution in [2.75, 3.05) is 11.9 Å². The normalized spacial score (nSPS) is 14.5. The number of ether oxygens (including phenoxy) is 1. The standard InChI is InChI=1S/C16H20N2O5/c1-11-5-4-8-13(18(21)22)16(11)17-14(19)10-23-15(20)9-12-6-2-3-7-12/h4-5,8,12H,2-3,6-7,9-10H2,1H3,(H,17,19). The van der Waals surface area contributed by atoms with Crippen molar-refractivity contribution in [1.82, 2.24) is 0 Å². The third-order valence-corrected chi connectivity index (χ3v) is 4.01. The maximum Gasteiger partial charge on any atom is 0.306 e. The van der Waals surface area contributed by atoms with Gasteiger partial charge in [-0.1, -0.05) is 25.0 Å². The Morgan fingerprint density at radius 2 is 2.04 bits per heavy atom. The number of para-hydroxylation sites is 1. The van der Waals surface area contributed by atoms with Crippen LogP contribution in [0.3, 0.4) is 0 Å². The Bertz CT molecular complexity index is 608. The van der Waals surface area contributed by atoms with Crippen LogP contribution in [0.5, 0.6) is 0 Å². The van der Waals surface area contributed by atoms with Gasteiger partial charge in [0.25, 0.3) is 11.6 Å². The lowest BCUT2D eigenvalue weighted by atomic mass is 10.0. The first-order valence-electron chi connectivity index (χ1n) is 7.67. The first-order valence-corrected chi connectivity index (χ1v) is 7.67. The highest BCUT2D eigenvalue weighted by Crippen LogP contribution is 2.28. The lowest BCUT2D eigenvalue weighted by Crippen LogP contribution is -2.22. The van der Waals surface area contributed by atoms with Gasteiger partial charge in [-0.2, -0.15) is 0 Å². The summed E-state index contributed by atoms with van der Waals surface area (Å²) in [7, 11) is 0. The molecule has 0 heterocycles. The van der Waals surface area contributed by atoms with Crippen LogP contribution in [0.4, 0.5) is 11.4 Å². The van der Waals surface area contributed by atoms with E-state index in [9.17, 15) is 19.7 Å². The summed E-state index contributed by atoms with van der Waals surface area (Å²) in [6, 6.07) is 4.52. The Labute approximate surface area is 134 Å². The number of nitrogens with zero attached hydrogens (tertiary/aromatic N) is 1. The third-order valence-electron chi connectivity index (χ3n) is 4.01. The smallest absolute Gasteiger partial charge is 0.306 e. The lowest BCUT2D eigenvalue weighted by molar-refractivity contribution is -0.384. The molecular formula is C16H20N2O5. The number of amides is 1. The highest BCUT2D eigenvalue weighted by atomic mass is 16.6. The lowest BCUT2D eigenvalue weighted by Gasteiger charge is -2.11. The van der Waals surface area contributed by atoms with E-state index in [-0.39, 0.29) is 11.4 Å². The van der Waals surface area contributed by atoms with Crippen molar-refractivity contribution in [1.29, 1.82) is 0 Å². The van der Waals surface area contributed by atoms with Crippen molar-refractivity contribution in [3.63, 3.8) is 0 Å². The van der Waals surface area contributed by atoms with E-state index in [2.05, 4.69) is 5.32 Å². The fourth-order valence-corrected chi connectivity index (χ4v) is 2.80. The summed E-state index contributed by atoms with van der Waals surface area (Å²) >= 11 is 0. The Balaban J connectivity index is 1.87. The van der Waals surface area contributed by atoms with Gasteiger partial charge in [0.2, 0.25) is 0 Å². The SMILES string of the molecule is Cc1cccc([N+](=O)[O-])c1NC(=O)COC(=O)CC1CCCC1. The van der Waals surface area contributed by atoms with Gasteiger partial charge in [0.15, 0.2) is 6.61 Å². The predicted octanol–water partition coefficient (Wildman–Crippen LogP) is 2.97. The van der Waals surface area contributed by atoms with Gasteiger partial charge in [0.1, 0.15) is 5.69 Å². The second-order valence-corrected chi connectivity index (χ2v) is 5.79. The van der Waals surface area contributed by atoms with Crippen LogP contribution >= 0.6 is 0 Å². The van der Waals surface area contributed by atoms with Crippen molar-refractivity contribution in [3.8, 4) is 0 Å². The van der Waals surface area contributed by atoms with E-state index >= 15 is 0 Å². The van der Waals surface area contributed by atoms with Crippen molar-refractivity contribution in [3.05, 3.63) is 33.9 Å². The van der Waals surface area contributed by atoms with Crippen molar-refractivity contribution in [2.24, 2.45) is 5.92 Å². The topological polar surface area (TPSA) is 98.5 Å². The molecule has 23 heavy (non-hydrogen) atoms. The summed E-state index contributed by atoms with van der Waals surface area (Å²) in [4.78, 5) is 34.0. The van der Waals surface area contributed by atoms with Gasteiger partial charge in [0, 0.05) is 12.5 Å². The maximum absolute atomic E-state index is 11.9. The number of anilines is 1. The Hall–Kier alpha value is -2.44. The van der Waals surface area contributed by atoms with Crippen LogP contribution in [0.25, 0.3) is 0 Å². The van der Waals surface area contributed by atoms with Crippen molar-refractivity contribution >= 4 is 23.3 Å². The minimum atomic E-state index is -0.581. The van der Waals surface area contributed by atoms with Gasteiger partial charge >= 0.3 is 5.97 Å². The van der Waals surface area contributed by atoms with E-state index in [0.717, 1.165) is 25.7 Å². The highest BCUT2D eigenvalue weighted by molar-refractivity contribution is 5.95. The second-order valence-electron chi connectivity index (χ2n) is 5.79. The molecular weight excluding hydrogens is 300 g/mol. The van der Waals surface area contributed by atoms with E-state index < -0.39 is 23.4 Å². The molecule has 0 saturated heterocycles. The number of nitro groups is 1. The molecule has 0 unspecified atom stereocenters. The van der Waals surface area contributed by atoms with Crippen LogP contribution < -0.4 is 5.32 Å². The van der Waals surface area contributed by atoms with Gasteiger partial charge in [-0.15, -0.1) is 0 Å². The van der Waals surface area contributed by atoms with Crippen LogP contribution in [-0.4, -0.2) is 23.4 Å². The first-order chi connectivity index (χ1) is 11.0. The van der Waals surface area contributed by atoms with Crippen LogP contribution in [0.15, 0.2) is 18.2 Å². The Morgan fingerprint density at radius 1 is 1.35 bits per heavy atom. The zero-order valence-corrected chi connectivity index (χ0v) is 13.0. The Kier molecular flexibility index (Phi) is 5.67. The largest absolute Gasteiger partial charge is 0.456 e. The number of benzene rings is 1. The van der Waals surface area contributed by atoms with Gasteiger partial charge in [0.05, 0.1) is 4.92 Å². The second kappa shape index (κ2) is 7.71. The number of nitro benzene ring substituents is 1. The van der Waals surface area contributed by atoms with Gasteiger partial charge in [-0.05, 0) is 31.2 Å². The maximum atomic E-state index is 11.9. The average Bonchev–Trinajstić information content (AvgIpc) is 3.00. The molecule has 0 aliphatic heterocycles. The summed E-state index contributed by atoms with van der Waals surface area (Å²) in [6.07, 6.45) is 4.65. The summed E-state index contributed by atoms with van der Waals surface area (Å²) in [6.45, 7) is 1.23. The van der Waals surface area contributed by atoms with Crippen molar-refractivity contribution < 1.29 is 19.2 Å². The number of rotatable bonds is 6. The fraction of sp³-hybridized carbons (Fsp3) is 0.500. The summed E-state index contributed by atoms with van der Waals surface area (Å²) in [5.41, 5.74) is 0.523. The molecule has 7 heteroatoms. The van der Waals surface area contributed by atoms with Crippen LogP contribution in [-0.2, 0) is 14.3 Å². The number of nitrogens with one attached hydrogen (secondary N) is 1. The monoisotopic (exact) mass is 320 g/mol. The highest BCUT2D eigenvalue weighted by Gasteiger charge is 2.21. The predicted molar refractivity (Wildman–Crippen MR) is 84.0 cm³/mol. The molecule has 0 radical (unpaired) electrons. The molecule has 1 aliphatic rings. The van der Waals surface area contributed by atoms with E-state index in [0.29, 0.717) is 17.9 Å².